The summed E-state index contributed by atoms with van der Waals surface area (Å²) in [5, 5.41) is 18.2. The number of alkyl halides is 9. The molecule has 2 nitrogen and oxygen atoms in total. The van der Waals surface area contributed by atoms with E-state index in [0.29, 0.717) is 0 Å². The normalized spacial score (nSPS) is 15.6. The molecule has 0 aliphatic carbocycles. The molecule has 2 unspecified atom stereocenters. The van der Waals surface area contributed by atoms with Crippen molar-refractivity contribution >= 4 is 0 Å². The first-order valence-corrected chi connectivity index (χ1v) is 5.84. The van der Waals surface area contributed by atoms with Gasteiger partial charge < -0.3 is 10.2 Å². The van der Waals surface area contributed by atoms with Gasteiger partial charge >= 0.3 is 18.5 Å². The van der Waals surface area contributed by atoms with E-state index >= 15 is 0 Å². The number of aliphatic hydroxyl groups excluding tert-OH is 2. The quantitative estimate of drug-likeness (QED) is 0.581. The van der Waals surface area contributed by atoms with Crippen molar-refractivity contribution in [1.29, 1.82) is 0 Å². The van der Waals surface area contributed by atoms with E-state index in [-0.39, 0.29) is 35.3 Å². The maximum Gasteiger partial charge on any atom is 0.416 e. The van der Waals surface area contributed by atoms with E-state index in [9.17, 15) is 44.6 Å². The number of halogens is 9. The van der Waals surface area contributed by atoms with Gasteiger partial charge in [-0.25, -0.2) is 0 Å². The summed E-state index contributed by atoms with van der Waals surface area (Å²) in [5.74, 6) is 0. The van der Waals surface area contributed by atoms with Gasteiger partial charge in [-0.15, -0.1) is 0 Å². The molecule has 0 saturated heterocycles. The van der Waals surface area contributed by atoms with Crippen LogP contribution in [0.15, 0.2) is 18.2 Å². The fourth-order valence-electron chi connectivity index (χ4n) is 1.65. The molecule has 24 heavy (non-hydrogen) atoms. The molecule has 0 fully saturated rings. The second kappa shape index (κ2) is 7.50. The molecule has 0 bridgehead atoms. The van der Waals surface area contributed by atoms with Gasteiger partial charge in [0, 0.05) is 23.5 Å². The largest absolute Gasteiger partial charge is 0.416 e. The van der Waals surface area contributed by atoms with Crippen LogP contribution in [0.4, 0.5) is 39.5 Å². The van der Waals surface area contributed by atoms with Crippen molar-refractivity contribution in [3.63, 3.8) is 0 Å². The topological polar surface area (TPSA) is 40.5 Å². The summed E-state index contributed by atoms with van der Waals surface area (Å²) >= 11 is 0. The Kier molecular flexibility index (Phi) is 7.20. The maximum atomic E-state index is 12.6. The van der Waals surface area contributed by atoms with Crippen LogP contribution < -0.4 is 0 Å². The van der Waals surface area contributed by atoms with E-state index in [1.54, 1.807) is 0 Å². The summed E-state index contributed by atoms with van der Waals surface area (Å²) in [7, 11) is 0. The summed E-state index contributed by atoms with van der Waals surface area (Å²) in [6.07, 6.45) is -22.5. The van der Waals surface area contributed by atoms with Crippen molar-refractivity contribution in [1.82, 2.24) is 0 Å². The van der Waals surface area contributed by atoms with Crippen molar-refractivity contribution in [2.24, 2.45) is 0 Å². The van der Waals surface area contributed by atoms with Crippen LogP contribution in [0.25, 0.3) is 0 Å². The molecule has 0 saturated carbocycles. The average Bonchev–Trinajstić information content (AvgIpc) is 2.34. The second-order valence-corrected chi connectivity index (χ2v) is 4.65. The van der Waals surface area contributed by atoms with Crippen molar-refractivity contribution < 1.29 is 66.8 Å². The van der Waals surface area contributed by atoms with Gasteiger partial charge in [-0.2, -0.15) is 39.5 Å². The van der Waals surface area contributed by atoms with E-state index in [1.807, 2.05) is 0 Å². The van der Waals surface area contributed by atoms with Crippen LogP contribution >= 0.6 is 0 Å². The van der Waals surface area contributed by atoms with Gasteiger partial charge in [0.1, 0.15) is 0 Å². The zero-order valence-electron chi connectivity index (χ0n) is 11.2. The first-order valence-electron chi connectivity index (χ1n) is 5.84. The molecular weight excluding hydrogens is 403 g/mol. The van der Waals surface area contributed by atoms with Crippen molar-refractivity contribution in [2.45, 2.75) is 37.2 Å². The van der Waals surface area contributed by atoms with Gasteiger partial charge in [0.2, 0.25) is 0 Å². The number of hydrogen-bond donors (Lipinski definition) is 2. The van der Waals surface area contributed by atoms with Gasteiger partial charge in [-0.1, -0.05) is 0 Å². The van der Waals surface area contributed by atoms with Crippen LogP contribution in [0, 0.1) is 0 Å². The van der Waals surface area contributed by atoms with Gasteiger partial charge in [0.25, 0.3) is 0 Å². The maximum absolute atomic E-state index is 12.6. The number of benzene rings is 1. The minimum Gasteiger partial charge on any atom is -0.388 e. The Labute approximate surface area is 139 Å². The minimum atomic E-state index is -5.20. The van der Waals surface area contributed by atoms with Gasteiger partial charge in [-0.3, -0.25) is 0 Å². The van der Waals surface area contributed by atoms with E-state index in [0.717, 1.165) is 0 Å². The zero-order chi connectivity index (χ0) is 18.2. The molecule has 0 aliphatic rings. The molecule has 0 heterocycles. The third kappa shape index (κ3) is 6.15. The monoisotopic (exact) mass is 412 g/mol. The predicted octanol–water partition coefficient (Wildman–Crippen LogP) is 4.07. The van der Waals surface area contributed by atoms with Crippen molar-refractivity contribution in [3.05, 3.63) is 34.9 Å². The van der Waals surface area contributed by atoms with Gasteiger partial charge in [0.05, 0.1) is 17.2 Å². The van der Waals surface area contributed by atoms with Gasteiger partial charge in [0.15, 0.2) is 6.10 Å². The number of rotatable bonds is 3. The van der Waals surface area contributed by atoms with Crippen LogP contribution in [-0.2, 0) is 29.4 Å². The minimum absolute atomic E-state index is 0. The Hall–Kier alpha value is -0.971. The predicted molar refractivity (Wildman–Crippen MR) is 58.1 cm³/mol. The Morgan fingerprint density at radius 2 is 1.12 bits per heavy atom. The van der Waals surface area contributed by atoms with E-state index in [2.05, 4.69) is 0 Å². The van der Waals surface area contributed by atoms with Crippen LogP contribution in [0.5, 0.6) is 0 Å². The van der Waals surface area contributed by atoms with Crippen molar-refractivity contribution in [3.8, 4) is 0 Å². The molecule has 0 amide bonds. The van der Waals surface area contributed by atoms with E-state index in [4.69, 9.17) is 5.11 Å². The fraction of sp³-hybridized carbons (Fsp3) is 0.500. The van der Waals surface area contributed by atoms with Gasteiger partial charge in [-0.05, 0) is 23.8 Å². The van der Waals surface area contributed by atoms with Crippen molar-refractivity contribution in [2.75, 3.05) is 0 Å². The smallest absolute Gasteiger partial charge is 0.388 e. The summed E-state index contributed by atoms with van der Waals surface area (Å²) in [4.78, 5) is 0. The summed E-state index contributed by atoms with van der Waals surface area (Å²) in [6, 6.07) is -0.0254. The fourth-order valence-corrected chi connectivity index (χ4v) is 1.65. The standard InChI is InChI=1S/C12H9F9O2.Fe/c13-10(14,15)6-1-5(2-7(3-6)11(16,17)18)8(22)4-9(23)12(19,20)21;/h1-3,8-9,22-23H,4H2;. The van der Waals surface area contributed by atoms with E-state index in [1.165, 1.54) is 0 Å². The first kappa shape index (κ1) is 23.0. The molecule has 2 N–H and O–H groups in total. The number of hydrogen-bond acceptors (Lipinski definition) is 2. The average molecular weight is 412 g/mol. The molecule has 0 aromatic heterocycles. The van der Waals surface area contributed by atoms with Crippen LogP contribution in [0.3, 0.4) is 0 Å². The van der Waals surface area contributed by atoms with Crippen LogP contribution in [-0.4, -0.2) is 22.5 Å². The summed E-state index contributed by atoms with van der Waals surface area (Å²) in [5.41, 5.74) is -4.58. The van der Waals surface area contributed by atoms with Crippen LogP contribution in [0.2, 0.25) is 0 Å². The summed E-state index contributed by atoms with van der Waals surface area (Å²) in [6.45, 7) is 0. The zero-order valence-corrected chi connectivity index (χ0v) is 12.3. The number of aliphatic hydroxyl groups is 2. The molecule has 0 aliphatic heterocycles. The molecule has 0 spiro atoms. The summed E-state index contributed by atoms with van der Waals surface area (Å²) < 4.78 is 112. The molecule has 0 radical (unpaired) electrons. The molecule has 2 atom stereocenters. The third-order valence-corrected chi connectivity index (χ3v) is 2.82. The molecule has 1 aromatic rings. The third-order valence-electron chi connectivity index (χ3n) is 2.82. The Bertz CT molecular complexity index is 519. The molecule has 1 aromatic carbocycles. The molecule has 12 heteroatoms. The van der Waals surface area contributed by atoms with E-state index < -0.39 is 53.8 Å². The Morgan fingerprint density at radius 1 is 0.750 bits per heavy atom. The molecule has 1 rings (SSSR count). The SMILES string of the molecule is OC(CC(O)C(F)(F)F)c1cc(C(F)(F)F)cc(C(F)(F)F)c1.[Fe]. The molecule has 140 valence electrons. The second-order valence-electron chi connectivity index (χ2n) is 4.65. The van der Waals surface area contributed by atoms with Crippen LogP contribution in [0.1, 0.15) is 29.2 Å². The molecular formula is C12H9F9FeO2. The Balaban J connectivity index is 0.00000529. The Morgan fingerprint density at radius 3 is 1.42 bits per heavy atom. The first-order chi connectivity index (χ1) is 10.1.